The molecule has 31 heavy (non-hydrogen) atoms. The van der Waals surface area contributed by atoms with Crippen molar-refractivity contribution in [3.8, 4) is 5.69 Å². The van der Waals surface area contributed by atoms with Gasteiger partial charge in [-0.2, -0.15) is 0 Å². The van der Waals surface area contributed by atoms with Crippen molar-refractivity contribution in [2.75, 3.05) is 5.75 Å². The van der Waals surface area contributed by atoms with Crippen LogP contribution < -0.4 is 5.56 Å². The molecule has 1 saturated heterocycles. The normalized spacial score (nSPS) is 19.0. The maximum absolute atomic E-state index is 13.4. The van der Waals surface area contributed by atoms with Crippen LogP contribution in [0.25, 0.3) is 16.6 Å². The minimum Gasteiger partial charge on any atom is -0.337 e. The quantitative estimate of drug-likeness (QED) is 0.399. The van der Waals surface area contributed by atoms with Gasteiger partial charge in [-0.25, -0.2) is 4.98 Å². The van der Waals surface area contributed by atoms with Crippen LogP contribution in [0.3, 0.4) is 0 Å². The van der Waals surface area contributed by atoms with Crippen molar-refractivity contribution < 1.29 is 4.79 Å². The van der Waals surface area contributed by atoms with E-state index in [9.17, 15) is 9.59 Å². The number of thioether (sulfide) groups is 1. The molecule has 1 fully saturated rings. The molecule has 0 bridgehead atoms. The predicted molar refractivity (Wildman–Crippen MR) is 127 cm³/mol. The maximum atomic E-state index is 13.4. The van der Waals surface area contributed by atoms with E-state index in [2.05, 4.69) is 13.8 Å². The van der Waals surface area contributed by atoms with Crippen LogP contribution in [0.5, 0.6) is 0 Å². The van der Waals surface area contributed by atoms with Crippen molar-refractivity contribution in [1.82, 2.24) is 14.5 Å². The summed E-state index contributed by atoms with van der Waals surface area (Å²) in [5.74, 6) is 0.319. The lowest BCUT2D eigenvalue weighted by Gasteiger charge is -2.39. The van der Waals surface area contributed by atoms with E-state index >= 15 is 0 Å². The number of aryl methyl sites for hydroxylation is 1. The summed E-state index contributed by atoms with van der Waals surface area (Å²) >= 11 is 7.65. The van der Waals surface area contributed by atoms with Gasteiger partial charge in [0.25, 0.3) is 5.56 Å². The van der Waals surface area contributed by atoms with Crippen molar-refractivity contribution in [1.29, 1.82) is 0 Å². The molecular weight excluding hydrogens is 430 g/mol. The Hall–Kier alpha value is -2.31. The van der Waals surface area contributed by atoms with Gasteiger partial charge in [0.05, 0.1) is 22.3 Å². The van der Waals surface area contributed by atoms with E-state index in [0.717, 1.165) is 24.8 Å². The van der Waals surface area contributed by atoms with Gasteiger partial charge >= 0.3 is 0 Å². The van der Waals surface area contributed by atoms with Gasteiger partial charge in [-0.15, -0.1) is 0 Å². The van der Waals surface area contributed by atoms with Gasteiger partial charge in [-0.1, -0.05) is 41.6 Å². The van der Waals surface area contributed by atoms with Gasteiger partial charge in [0.2, 0.25) is 5.91 Å². The van der Waals surface area contributed by atoms with Crippen molar-refractivity contribution >= 4 is 40.2 Å². The van der Waals surface area contributed by atoms with E-state index < -0.39 is 0 Å². The molecule has 162 valence electrons. The molecule has 2 heterocycles. The maximum Gasteiger partial charge on any atom is 0.266 e. The number of likely N-dealkylation sites (tertiary alicyclic amines) is 1. The topological polar surface area (TPSA) is 55.2 Å². The summed E-state index contributed by atoms with van der Waals surface area (Å²) < 4.78 is 1.56. The molecule has 1 aliphatic heterocycles. The number of aromatic nitrogens is 2. The molecule has 0 radical (unpaired) electrons. The SMILES string of the molecule is Cc1ccc(-n2c(SCC(=O)N3C(C)CCCC3C)nc3ccccc3c2=O)cc1Cl. The van der Waals surface area contributed by atoms with E-state index in [0.29, 0.717) is 26.8 Å². The molecule has 4 rings (SSSR count). The van der Waals surface area contributed by atoms with E-state index in [1.807, 2.05) is 42.2 Å². The number of fused-ring (bicyclic) bond motifs is 1. The van der Waals surface area contributed by atoms with Gasteiger partial charge < -0.3 is 4.90 Å². The molecule has 0 saturated carbocycles. The fourth-order valence-electron chi connectivity index (χ4n) is 4.27. The van der Waals surface area contributed by atoms with Crippen LogP contribution in [0, 0.1) is 6.92 Å². The average Bonchev–Trinajstić information content (AvgIpc) is 2.74. The number of para-hydroxylation sites is 1. The summed E-state index contributed by atoms with van der Waals surface area (Å²) in [5.41, 5.74) is 2.04. The largest absolute Gasteiger partial charge is 0.337 e. The van der Waals surface area contributed by atoms with Gasteiger partial charge in [0, 0.05) is 17.1 Å². The number of amides is 1. The van der Waals surface area contributed by atoms with E-state index in [1.54, 1.807) is 16.7 Å². The molecule has 1 aromatic heterocycles. The fraction of sp³-hybridized carbons (Fsp3) is 0.375. The lowest BCUT2D eigenvalue weighted by molar-refractivity contribution is -0.134. The molecule has 0 aliphatic carbocycles. The number of carbonyl (C=O) groups excluding carboxylic acids is 1. The third-order valence-corrected chi connectivity index (χ3v) is 7.30. The van der Waals surface area contributed by atoms with Crippen molar-refractivity contribution in [3.63, 3.8) is 0 Å². The lowest BCUT2D eigenvalue weighted by atomic mass is 9.98. The van der Waals surface area contributed by atoms with Gasteiger partial charge in [-0.3, -0.25) is 14.2 Å². The first-order chi connectivity index (χ1) is 14.9. The summed E-state index contributed by atoms with van der Waals surface area (Å²) in [4.78, 5) is 33.1. The smallest absolute Gasteiger partial charge is 0.266 e. The summed E-state index contributed by atoms with van der Waals surface area (Å²) in [6.07, 6.45) is 3.21. The third kappa shape index (κ3) is 4.37. The first-order valence-electron chi connectivity index (χ1n) is 10.6. The zero-order valence-electron chi connectivity index (χ0n) is 18.0. The van der Waals surface area contributed by atoms with Crippen LogP contribution in [0.15, 0.2) is 52.4 Å². The summed E-state index contributed by atoms with van der Waals surface area (Å²) in [6, 6.07) is 13.3. The zero-order valence-corrected chi connectivity index (χ0v) is 19.5. The molecule has 3 aromatic rings. The molecule has 1 amide bonds. The minimum absolute atomic E-state index is 0.0839. The van der Waals surface area contributed by atoms with Crippen molar-refractivity contribution in [3.05, 3.63) is 63.4 Å². The monoisotopic (exact) mass is 455 g/mol. The van der Waals surface area contributed by atoms with Crippen LogP contribution in [0.1, 0.15) is 38.7 Å². The average molecular weight is 456 g/mol. The Balaban J connectivity index is 1.73. The number of hydrogen-bond acceptors (Lipinski definition) is 4. The first-order valence-corrected chi connectivity index (χ1v) is 12.0. The number of piperidine rings is 1. The first kappa shape index (κ1) is 21.9. The Morgan fingerprint density at radius 1 is 1.16 bits per heavy atom. The summed E-state index contributed by atoms with van der Waals surface area (Å²) in [5, 5.41) is 1.61. The second-order valence-corrected chi connectivity index (χ2v) is 9.55. The highest BCUT2D eigenvalue weighted by molar-refractivity contribution is 7.99. The molecule has 2 unspecified atom stereocenters. The van der Waals surface area contributed by atoms with E-state index in [-0.39, 0.29) is 29.3 Å². The number of rotatable bonds is 4. The summed E-state index contributed by atoms with van der Waals surface area (Å²) in [7, 11) is 0. The molecule has 0 spiro atoms. The molecule has 2 atom stereocenters. The third-order valence-electron chi connectivity index (χ3n) is 5.96. The van der Waals surface area contributed by atoms with Crippen molar-refractivity contribution in [2.24, 2.45) is 0 Å². The van der Waals surface area contributed by atoms with Crippen LogP contribution in [-0.4, -0.2) is 38.2 Å². The number of hydrogen-bond donors (Lipinski definition) is 0. The Morgan fingerprint density at radius 3 is 2.58 bits per heavy atom. The predicted octanol–water partition coefficient (Wildman–Crippen LogP) is 5.23. The number of benzene rings is 2. The lowest BCUT2D eigenvalue weighted by Crippen LogP contribution is -2.48. The summed E-state index contributed by atoms with van der Waals surface area (Å²) in [6.45, 7) is 6.14. The Morgan fingerprint density at radius 2 is 1.87 bits per heavy atom. The second-order valence-electron chi connectivity index (χ2n) is 8.20. The number of carbonyl (C=O) groups is 1. The molecule has 1 aliphatic rings. The second kappa shape index (κ2) is 9.05. The molecule has 7 heteroatoms. The van der Waals surface area contributed by atoms with Gasteiger partial charge in [0.15, 0.2) is 5.16 Å². The van der Waals surface area contributed by atoms with E-state index in [4.69, 9.17) is 16.6 Å². The Labute approximate surface area is 191 Å². The van der Waals surface area contributed by atoms with Crippen LogP contribution in [0.2, 0.25) is 5.02 Å². The molecule has 0 N–H and O–H groups in total. The molecule has 5 nitrogen and oxygen atoms in total. The van der Waals surface area contributed by atoms with E-state index in [1.165, 1.54) is 11.8 Å². The number of nitrogens with zero attached hydrogens (tertiary/aromatic N) is 3. The van der Waals surface area contributed by atoms with Crippen LogP contribution >= 0.6 is 23.4 Å². The van der Waals surface area contributed by atoms with Crippen LogP contribution in [-0.2, 0) is 4.79 Å². The molecule has 2 aromatic carbocycles. The van der Waals surface area contributed by atoms with Gasteiger partial charge in [0.1, 0.15) is 0 Å². The highest BCUT2D eigenvalue weighted by Gasteiger charge is 2.29. The highest BCUT2D eigenvalue weighted by Crippen LogP contribution is 2.27. The standard InChI is InChI=1S/C24H26ClN3O2S/c1-15-11-12-18(13-20(15)25)28-23(30)19-9-4-5-10-21(19)26-24(28)31-14-22(29)27-16(2)7-6-8-17(27)3/h4-5,9-13,16-17H,6-8,14H2,1-3H3. The Bertz CT molecular complexity index is 1180. The minimum atomic E-state index is -0.167. The van der Waals surface area contributed by atoms with Crippen molar-refractivity contribution in [2.45, 2.75) is 57.3 Å². The van der Waals surface area contributed by atoms with Crippen LogP contribution in [0.4, 0.5) is 0 Å². The zero-order chi connectivity index (χ0) is 22.1. The molecular formula is C24H26ClN3O2S. The van der Waals surface area contributed by atoms with Gasteiger partial charge in [-0.05, 0) is 69.9 Å². The highest BCUT2D eigenvalue weighted by atomic mass is 35.5. The Kier molecular flexibility index (Phi) is 6.39. The fourth-order valence-corrected chi connectivity index (χ4v) is 5.33. The number of halogens is 1.